The van der Waals surface area contributed by atoms with Gasteiger partial charge in [0.2, 0.25) is 21.8 Å². The largest absolute Gasteiger partial charge is 0.497 e. The van der Waals surface area contributed by atoms with Gasteiger partial charge in [0.1, 0.15) is 11.8 Å². The number of carbonyl (C=O) groups is 2. The molecular weight excluding hydrogens is 478 g/mol. The Labute approximate surface area is 206 Å². The van der Waals surface area contributed by atoms with E-state index in [1.165, 1.54) is 9.21 Å². The van der Waals surface area contributed by atoms with Gasteiger partial charge >= 0.3 is 0 Å². The number of sulfonamides is 1. The number of halogens is 1. The van der Waals surface area contributed by atoms with E-state index >= 15 is 0 Å². The highest BCUT2D eigenvalue weighted by Gasteiger charge is 2.26. The molecule has 0 saturated carbocycles. The molecule has 2 amide bonds. The van der Waals surface area contributed by atoms with E-state index in [0.29, 0.717) is 23.0 Å². The lowest BCUT2D eigenvalue weighted by Gasteiger charge is -2.29. The Morgan fingerprint density at radius 3 is 2.47 bits per heavy atom. The predicted molar refractivity (Wildman–Crippen MR) is 135 cm³/mol. The van der Waals surface area contributed by atoms with Gasteiger partial charge in [0.25, 0.3) is 0 Å². The first kappa shape index (κ1) is 27.5. The zero-order chi connectivity index (χ0) is 25.3. The van der Waals surface area contributed by atoms with Crippen LogP contribution in [-0.4, -0.2) is 57.6 Å². The van der Waals surface area contributed by atoms with Crippen LogP contribution in [0.5, 0.6) is 5.75 Å². The zero-order valence-electron chi connectivity index (χ0n) is 20.0. The van der Waals surface area contributed by atoms with E-state index in [1.54, 1.807) is 44.4 Å². The summed E-state index contributed by atoms with van der Waals surface area (Å²) in [6, 6.07) is 13.2. The highest BCUT2D eigenvalue weighted by Crippen LogP contribution is 2.23. The number of nitrogens with zero attached hydrogens (tertiary/aromatic N) is 2. The highest BCUT2D eigenvalue weighted by atomic mass is 35.5. The molecule has 0 aliphatic carbocycles. The number of hydrogen-bond acceptors (Lipinski definition) is 5. The number of amides is 2. The summed E-state index contributed by atoms with van der Waals surface area (Å²) in [6.45, 7) is 4.27. The van der Waals surface area contributed by atoms with E-state index in [-0.39, 0.29) is 37.7 Å². The van der Waals surface area contributed by atoms with E-state index in [2.05, 4.69) is 5.32 Å². The van der Waals surface area contributed by atoms with Crippen LogP contribution in [0.1, 0.15) is 32.3 Å². The fourth-order valence-electron chi connectivity index (χ4n) is 3.51. The molecular formula is C24H32ClN3O5S. The number of hydrogen-bond donors (Lipinski definition) is 1. The molecule has 0 radical (unpaired) electrons. The van der Waals surface area contributed by atoms with Crippen LogP contribution in [-0.2, 0) is 26.2 Å². The Hall–Kier alpha value is -2.78. The van der Waals surface area contributed by atoms with Crippen molar-refractivity contribution >= 4 is 39.1 Å². The lowest BCUT2D eigenvalue weighted by atomic mass is 10.1. The third-order valence-corrected chi connectivity index (χ3v) is 6.68. The molecule has 10 heteroatoms. The summed E-state index contributed by atoms with van der Waals surface area (Å²) in [4.78, 5) is 27.2. The summed E-state index contributed by atoms with van der Waals surface area (Å²) in [6.07, 6.45) is 1.46. The number of likely N-dealkylation sites (N-methyl/N-ethyl adjacent to an activating group) is 1. The zero-order valence-corrected chi connectivity index (χ0v) is 21.5. The summed E-state index contributed by atoms with van der Waals surface area (Å²) >= 11 is 6.02. The maximum Gasteiger partial charge on any atom is 0.242 e. The van der Waals surface area contributed by atoms with Crippen molar-refractivity contribution in [3.8, 4) is 5.75 Å². The lowest BCUT2D eigenvalue weighted by molar-refractivity contribution is -0.140. The number of nitrogens with one attached hydrogen (secondary N) is 1. The first-order chi connectivity index (χ1) is 16.1. The van der Waals surface area contributed by atoms with E-state index in [0.717, 1.165) is 11.8 Å². The topological polar surface area (TPSA) is 96.0 Å². The van der Waals surface area contributed by atoms with Crippen molar-refractivity contribution in [2.24, 2.45) is 0 Å². The quantitative estimate of drug-likeness (QED) is 0.472. The highest BCUT2D eigenvalue weighted by molar-refractivity contribution is 7.92. The second-order valence-corrected chi connectivity index (χ2v) is 10.2. The summed E-state index contributed by atoms with van der Waals surface area (Å²) in [7, 11) is -2.01. The van der Waals surface area contributed by atoms with Gasteiger partial charge < -0.3 is 15.0 Å². The van der Waals surface area contributed by atoms with Crippen LogP contribution in [0.4, 0.5) is 5.69 Å². The summed E-state index contributed by atoms with van der Waals surface area (Å²) in [5.74, 6) is 0.150. The smallest absolute Gasteiger partial charge is 0.242 e. The van der Waals surface area contributed by atoms with Crippen molar-refractivity contribution < 1.29 is 22.7 Å². The molecule has 8 nitrogen and oxygen atoms in total. The van der Waals surface area contributed by atoms with Gasteiger partial charge in [-0.15, -0.1) is 0 Å². The van der Waals surface area contributed by atoms with Crippen molar-refractivity contribution in [2.75, 3.05) is 30.8 Å². The van der Waals surface area contributed by atoms with Crippen molar-refractivity contribution in [1.82, 2.24) is 10.2 Å². The molecule has 34 heavy (non-hydrogen) atoms. The number of ether oxygens (including phenoxy) is 1. The molecule has 0 saturated heterocycles. The van der Waals surface area contributed by atoms with Crippen LogP contribution in [0.15, 0.2) is 48.5 Å². The third-order valence-electron chi connectivity index (χ3n) is 5.25. The second kappa shape index (κ2) is 12.6. The van der Waals surface area contributed by atoms with Gasteiger partial charge in [-0.1, -0.05) is 29.8 Å². The minimum atomic E-state index is -3.57. The van der Waals surface area contributed by atoms with Gasteiger partial charge in [0.05, 0.1) is 19.1 Å². The minimum absolute atomic E-state index is 0.0697. The third kappa shape index (κ3) is 7.92. The van der Waals surface area contributed by atoms with Gasteiger partial charge in [0, 0.05) is 31.1 Å². The van der Waals surface area contributed by atoms with E-state index < -0.39 is 16.1 Å². The molecule has 2 aromatic carbocycles. The van der Waals surface area contributed by atoms with Gasteiger partial charge in [0.15, 0.2) is 0 Å². The Morgan fingerprint density at radius 1 is 1.15 bits per heavy atom. The first-order valence-corrected chi connectivity index (χ1v) is 13.2. The van der Waals surface area contributed by atoms with Crippen molar-refractivity contribution in [1.29, 1.82) is 0 Å². The molecule has 0 aliphatic rings. The van der Waals surface area contributed by atoms with Crippen LogP contribution in [0, 0.1) is 0 Å². The fourth-order valence-corrected chi connectivity index (χ4v) is 4.65. The molecule has 0 heterocycles. The normalized spacial score (nSPS) is 12.0. The molecule has 0 fully saturated rings. The monoisotopic (exact) mass is 509 g/mol. The molecule has 0 bridgehead atoms. The Kier molecular flexibility index (Phi) is 10.2. The number of carbonyl (C=O) groups excluding carboxylic acids is 2. The van der Waals surface area contributed by atoms with E-state index in [4.69, 9.17) is 16.3 Å². The number of rotatable bonds is 12. The number of benzene rings is 2. The molecule has 0 aliphatic heterocycles. The maximum atomic E-state index is 13.2. The van der Waals surface area contributed by atoms with E-state index in [9.17, 15) is 18.0 Å². The lowest BCUT2D eigenvalue weighted by Crippen LogP contribution is -2.47. The molecule has 1 N–H and O–H groups in total. The predicted octanol–water partition coefficient (Wildman–Crippen LogP) is 3.45. The number of methoxy groups -OCH3 is 1. The molecule has 2 rings (SSSR count). The van der Waals surface area contributed by atoms with Crippen LogP contribution in [0.2, 0.25) is 5.02 Å². The molecule has 0 unspecified atom stereocenters. The van der Waals surface area contributed by atoms with Gasteiger partial charge in [-0.2, -0.15) is 0 Å². The van der Waals surface area contributed by atoms with E-state index in [1.807, 2.05) is 25.1 Å². The van der Waals surface area contributed by atoms with Gasteiger partial charge in [-0.05, 0) is 56.2 Å². The van der Waals surface area contributed by atoms with Crippen molar-refractivity contribution in [3.05, 3.63) is 59.1 Å². The van der Waals surface area contributed by atoms with Crippen LogP contribution >= 0.6 is 11.6 Å². The standard InChI is InChI=1S/C24H32ClN3O5S/c1-5-26-24(30)18(2)27(17-19-9-6-12-22(15-19)33-3)23(29)13-8-14-28(34(4,31)32)21-11-7-10-20(25)16-21/h6-7,9-12,15-16,18H,5,8,13-14,17H2,1-4H3,(H,26,30)/t18-/m0/s1. The average Bonchev–Trinajstić information content (AvgIpc) is 2.79. The Bertz CT molecular complexity index is 1090. The average molecular weight is 510 g/mol. The molecule has 2 aromatic rings. The van der Waals surface area contributed by atoms with Crippen LogP contribution in [0.25, 0.3) is 0 Å². The van der Waals surface area contributed by atoms with Gasteiger partial charge in [-0.3, -0.25) is 13.9 Å². The molecule has 0 spiro atoms. The Balaban J connectivity index is 2.17. The van der Waals surface area contributed by atoms with Crippen molar-refractivity contribution in [2.45, 2.75) is 39.3 Å². The van der Waals surface area contributed by atoms with Crippen molar-refractivity contribution in [3.63, 3.8) is 0 Å². The maximum absolute atomic E-state index is 13.2. The fraction of sp³-hybridized carbons (Fsp3) is 0.417. The molecule has 1 atom stereocenters. The SMILES string of the molecule is CCNC(=O)[C@H](C)N(Cc1cccc(OC)c1)C(=O)CCCN(c1cccc(Cl)c1)S(C)(=O)=O. The summed E-state index contributed by atoms with van der Waals surface area (Å²) in [5.41, 5.74) is 1.26. The van der Waals surface area contributed by atoms with Gasteiger partial charge in [-0.25, -0.2) is 8.42 Å². The molecule has 0 aromatic heterocycles. The Morgan fingerprint density at radius 2 is 1.85 bits per heavy atom. The first-order valence-electron chi connectivity index (χ1n) is 11.0. The summed E-state index contributed by atoms with van der Waals surface area (Å²) < 4.78 is 31.2. The number of anilines is 1. The second-order valence-electron chi connectivity index (χ2n) is 7.86. The van der Waals surface area contributed by atoms with Crippen LogP contribution in [0.3, 0.4) is 0 Å². The van der Waals surface area contributed by atoms with Crippen LogP contribution < -0.4 is 14.4 Å². The summed E-state index contributed by atoms with van der Waals surface area (Å²) in [5, 5.41) is 3.17. The molecule has 186 valence electrons. The minimum Gasteiger partial charge on any atom is -0.497 e.